The number of hydrogen-bond donors (Lipinski definition) is 3. The molecule has 1 rings (SSSR count). The van der Waals surface area contributed by atoms with Gasteiger partial charge < -0.3 is 20.5 Å². The van der Waals surface area contributed by atoms with Gasteiger partial charge in [-0.3, -0.25) is 9.59 Å². The highest BCUT2D eigenvalue weighted by molar-refractivity contribution is 5.87. The van der Waals surface area contributed by atoms with Crippen molar-refractivity contribution in [2.24, 2.45) is 0 Å². The van der Waals surface area contributed by atoms with Crippen LogP contribution < -0.4 is 10.6 Å². The smallest absolute Gasteiger partial charge is 0.331 e. The number of nitrogens with one attached hydrogen (secondary N) is 2. The molecule has 0 aromatic heterocycles. The minimum absolute atomic E-state index is 0.0742. The van der Waals surface area contributed by atoms with E-state index in [1.165, 1.54) is 21.0 Å². The summed E-state index contributed by atoms with van der Waals surface area (Å²) in [4.78, 5) is 35.1. The van der Waals surface area contributed by atoms with Crippen molar-refractivity contribution in [3.63, 3.8) is 0 Å². The summed E-state index contributed by atoms with van der Waals surface area (Å²) >= 11 is 0. The fourth-order valence-electron chi connectivity index (χ4n) is 2.28. The molecule has 0 aliphatic rings. The number of methoxy groups -OCH3 is 1. The van der Waals surface area contributed by atoms with Crippen LogP contribution in [0.4, 0.5) is 0 Å². The average Bonchev–Trinajstić information content (AvgIpc) is 2.46. The van der Waals surface area contributed by atoms with E-state index in [9.17, 15) is 19.5 Å². The van der Waals surface area contributed by atoms with Crippen molar-refractivity contribution in [3.8, 4) is 0 Å². The van der Waals surface area contributed by atoms with Crippen LogP contribution in [0.15, 0.2) is 24.3 Å². The van der Waals surface area contributed by atoms with Gasteiger partial charge in [0.1, 0.15) is 0 Å². The molecule has 7 nitrogen and oxygen atoms in total. The van der Waals surface area contributed by atoms with Gasteiger partial charge in [-0.2, -0.15) is 0 Å². The molecule has 2 atom stereocenters. The Bertz CT molecular complexity index is 600. The van der Waals surface area contributed by atoms with E-state index in [1.807, 2.05) is 31.2 Å². The van der Waals surface area contributed by atoms with E-state index in [0.717, 1.165) is 11.1 Å². The molecule has 0 heterocycles. The van der Waals surface area contributed by atoms with Crippen molar-refractivity contribution in [1.29, 1.82) is 0 Å². The molecule has 3 N–H and O–H groups in total. The Labute approximate surface area is 141 Å². The molecule has 0 aliphatic heterocycles. The number of carbonyl (C=O) groups is 3. The lowest BCUT2D eigenvalue weighted by Crippen LogP contribution is -2.55. The summed E-state index contributed by atoms with van der Waals surface area (Å²) < 4.78 is 4.87. The predicted molar refractivity (Wildman–Crippen MR) is 88.4 cm³/mol. The fraction of sp³-hybridized carbons (Fsp3) is 0.471. The minimum atomic E-state index is -1.53. The van der Waals surface area contributed by atoms with Gasteiger partial charge >= 0.3 is 5.97 Å². The lowest BCUT2D eigenvalue weighted by molar-refractivity contribution is -0.149. The highest BCUT2D eigenvalue weighted by Gasteiger charge is 2.35. The molecule has 0 aliphatic carbocycles. The van der Waals surface area contributed by atoms with Gasteiger partial charge in [-0.05, 0) is 19.4 Å². The minimum Gasteiger partial charge on any atom is -0.479 e. The monoisotopic (exact) mass is 336 g/mol. The van der Waals surface area contributed by atoms with Gasteiger partial charge in [-0.15, -0.1) is 0 Å². The molecule has 0 saturated carbocycles. The average molecular weight is 336 g/mol. The Morgan fingerprint density at radius 2 is 1.83 bits per heavy atom. The molecular weight excluding hydrogens is 312 g/mol. The van der Waals surface area contributed by atoms with E-state index in [4.69, 9.17) is 4.74 Å². The number of carbonyl (C=O) groups excluding carboxylic acids is 2. The van der Waals surface area contributed by atoms with E-state index < -0.39 is 23.5 Å². The molecule has 1 aromatic rings. The predicted octanol–water partition coefficient (Wildman–Crippen LogP) is 1.17. The van der Waals surface area contributed by atoms with E-state index in [-0.39, 0.29) is 18.9 Å². The molecule has 1 aromatic carbocycles. The molecule has 2 unspecified atom stereocenters. The van der Waals surface area contributed by atoms with Gasteiger partial charge in [0, 0.05) is 14.0 Å². The van der Waals surface area contributed by atoms with E-state index in [1.54, 1.807) is 0 Å². The quantitative estimate of drug-likeness (QED) is 0.661. The van der Waals surface area contributed by atoms with Gasteiger partial charge in [0.15, 0.2) is 5.54 Å². The number of ether oxygens (including phenoxy) is 1. The van der Waals surface area contributed by atoms with Crippen LogP contribution in [0.3, 0.4) is 0 Å². The van der Waals surface area contributed by atoms with E-state index in [0.29, 0.717) is 0 Å². The van der Waals surface area contributed by atoms with E-state index in [2.05, 4.69) is 10.6 Å². The maximum atomic E-state index is 12.3. The molecule has 132 valence electrons. The largest absolute Gasteiger partial charge is 0.479 e. The molecule has 0 fully saturated rings. The van der Waals surface area contributed by atoms with Crippen LogP contribution >= 0.6 is 0 Å². The van der Waals surface area contributed by atoms with Crippen LogP contribution in [0.5, 0.6) is 0 Å². The Morgan fingerprint density at radius 3 is 2.29 bits per heavy atom. The molecular formula is C17H24N2O5. The van der Waals surface area contributed by atoms with Crippen molar-refractivity contribution < 1.29 is 24.2 Å². The van der Waals surface area contributed by atoms with Crippen LogP contribution in [0.1, 0.15) is 37.4 Å². The molecule has 24 heavy (non-hydrogen) atoms. The van der Waals surface area contributed by atoms with Gasteiger partial charge in [-0.1, -0.05) is 29.8 Å². The second kappa shape index (κ2) is 8.44. The van der Waals surface area contributed by atoms with Crippen LogP contribution in [-0.4, -0.2) is 42.1 Å². The summed E-state index contributed by atoms with van der Waals surface area (Å²) in [5, 5.41) is 14.5. The Hall–Kier alpha value is -2.41. The van der Waals surface area contributed by atoms with E-state index >= 15 is 0 Å². The Kier molecular flexibility index (Phi) is 6.91. The number of carboxylic acid groups (broad SMARTS) is 1. The zero-order valence-corrected chi connectivity index (χ0v) is 14.4. The summed E-state index contributed by atoms with van der Waals surface area (Å²) in [6.07, 6.45) is -0.0742. The van der Waals surface area contributed by atoms with Crippen LogP contribution in [0.25, 0.3) is 0 Å². The fourth-order valence-corrected chi connectivity index (χ4v) is 2.28. The number of hydrogen-bond acceptors (Lipinski definition) is 4. The van der Waals surface area contributed by atoms with Crippen molar-refractivity contribution in [3.05, 3.63) is 35.4 Å². The summed E-state index contributed by atoms with van der Waals surface area (Å²) in [7, 11) is 1.36. The number of carboxylic acids is 1. The molecule has 0 bridgehead atoms. The first kappa shape index (κ1) is 19.6. The summed E-state index contributed by atoms with van der Waals surface area (Å²) in [6, 6.07) is 6.88. The lowest BCUT2D eigenvalue weighted by Gasteiger charge is -2.27. The van der Waals surface area contributed by atoms with Crippen molar-refractivity contribution in [2.45, 2.75) is 38.8 Å². The standard InChI is InChI=1S/C17H24N2O5/c1-11-5-7-13(8-6-11)14(18-12(2)20)9-15(21)19-17(3,10-24-4)16(22)23/h5-8,14H,9-10H2,1-4H3,(H,18,20)(H,19,21)(H,22,23). The molecule has 7 heteroatoms. The number of benzene rings is 1. The van der Waals surface area contributed by atoms with Crippen LogP contribution in [0, 0.1) is 6.92 Å². The lowest BCUT2D eigenvalue weighted by atomic mass is 9.99. The highest BCUT2D eigenvalue weighted by atomic mass is 16.5. The van der Waals surface area contributed by atoms with Crippen molar-refractivity contribution in [1.82, 2.24) is 10.6 Å². The van der Waals surface area contributed by atoms with Gasteiger partial charge in [0.05, 0.1) is 19.1 Å². The first-order valence-electron chi connectivity index (χ1n) is 7.55. The second-order valence-electron chi connectivity index (χ2n) is 5.99. The second-order valence-corrected chi connectivity index (χ2v) is 5.99. The number of aryl methyl sites for hydroxylation is 1. The van der Waals surface area contributed by atoms with Crippen molar-refractivity contribution >= 4 is 17.8 Å². The van der Waals surface area contributed by atoms with Crippen molar-refractivity contribution in [2.75, 3.05) is 13.7 Å². The Balaban J connectivity index is 2.89. The Morgan fingerprint density at radius 1 is 1.25 bits per heavy atom. The third-order valence-electron chi connectivity index (χ3n) is 3.57. The first-order valence-corrected chi connectivity index (χ1v) is 7.55. The molecule has 0 saturated heterocycles. The number of rotatable bonds is 8. The first-order chi connectivity index (χ1) is 11.2. The van der Waals surface area contributed by atoms with Gasteiger partial charge in [0.2, 0.25) is 11.8 Å². The number of aliphatic carboxylic acids is 1. The van der Waals surface area contributed by atoms with Crippen LogP contribution in [-0.2, 0) is 19.1 Å². The third kappa shape index (κ3) is 5.66. The summed E-state index contributed by atoms with van der Waals surface area (Å²) in [5.41, 5.74) is 0.304. The zero-order chi connectivity index (χ0) is 18.3. The maximum absolute atomic E-state index is 12.3. The zero-order valence-electron chi connectivity index (χ0n) is 14.4. The topological polar surface area (TPSA) is 105 Å². The highest BCUT2D eigenvalue weighted by Crippen LogP contribution is 2.18. The maximum Gasteiger partial charge on any atom is 0.331 e. The molecule has 2 amide bonds. The summed E-state index contributed by atoms with van der Waals surface area (Å²) in [6.45, 7) is 4.51. The SMILES string of the molecule is COCC(C)(NC(=O)CC(NC(C)=O)c1ccc(C)cc1)C(=O)O. The molecule has 0 radical (unpaired) electrons. The third-order valence-corrected chi connectivity index (χ3v) is 3.57. The summed E-state index contributed by atoms with van der Waals surface area (Å²) in [5.74, 6) is -1.95. The number of amides is 2. The van der Waals surface area contributed by atoms with Gasteiger partial charge in [-0.25, -0.2) is 4.79 Å². The molecule has 0 spiro atoms. The van der Waals surface area contributed by atoms with Gasteiger partial charge in [0.25, 0.3) is 0 Å². The normalized spacial score (nSPS) is 14.3. The van der Waals surface area contributed by atoms with Crippen LogP contribution in [0.2, 0.25) is 0 Å².